The second-order valence-electron chi connectivity index (χ2n) is 6.44. The molecule has 3 rings (SSSR count). The van der Waals surface area contributed by atoms with Crippen LogP contribution in [0.5, 0.6) is 5.75 Å². The van der Waals surface area contributed by atoms with Gasteiger partial charge in [0.2, 0.25) is 0 Å². The summed E-state index contributed by atoms with van der Waals surface area (Å²) in [7, 11) is 0. The topological polar surface area (TPSA) is 66.8 Å². The summed E-state index contributed by atoms with van der Waals surface area (Å²) in [6.45, 7) is 4.36. The molecule has 0 saturated carbocycles. The minimum absolute atomic E-state index is 0.0410. The van der Waals surface area contributed by atoms with E-state index in [4.69, 9.17) is 4.74 Å². The van der Waals surface area contributed by atoms with Crippen LogP contribution >= 0.6 is 0 Å². The molecule has 2 fully saturated rings. The highest BCUT2D eigenvalue weighted by atomic mass is 16.5. The van der Waals surface area contributed by atoms with E-state index in [1.807, 2.05) is 24.8 Å². The third-order valence-corrected chi connectivity index (χ3v) is 5.42. The number of amides is 1. The SMILES string of the molecule is CCOc1cccc(C(=O)N2[C@H]3CC[C@@H]2[C@](CC)(C(=O)O)C3)c1. The summed E-state index contributed by atoms with van der Waals surface area (Å²) in [6.07, 6.45) is 2.81. The van der Waals surface area contributed by atoms with Gasteiger partial charge in [-0.2, -0.15) is 0 Å². The van der Waals surface area contributed by atoms with Crippen molar-refractivity contribution in [2.75, 3.05) is 6.61 Å². The number of fused-ring (bicyclic) bond motifs is 2. The Morgan fingerprint density at radius 2 is 2.13 bits per heavy atom. The summed E-state index contributed by atoms with van der Waals surface area (Å²) < 4.78 is 5.46. The smallest absolute Gasteiger partial charge is 0.311 e. The Bertz CT molecular complexity index is 629. The van der Waals surface area contributed by atoms with Crippen LogP contribution in [0.25, 0.3) is 0 Å². The van der Waals surface area contributed by atoms with Crippen LogP contribution < -0.4 is 4.74 Å². The van der Waals surface area contributed by atoms with Gasteiger partial charge in [-0.05, 0) is 50.8 Å². The molecule has 5 nitrogen and oxygen atoms in total. The summed E-state index contributed by atoms with van der Waals surface area (Å²) in [6, 6.07) is 7.00. The highest BCUT2D eigenvalue weighted by Gasteiger charge is 2.60. The normalized spacial score (nSPS) is 28.9. The van der Waals surface area contributed by atoms with Crippen LogP contribution in [0.3, 0.4) is 0 Å². The van der Waals surface area contributed by atoms with Crippen molar-refractivity contribution >= 4 is 11.9 Å². The summed E-state index contributed by atoms with van der Waals surface area (Å²) >= 11 is 0. The fourth-order valence-corrected chi connectivity index (χ4v) is 4.29. The van der Waals surface area contributed by atoms with Crippen molar-refractivity contribution in [2.45, 2.75) is 51.6 Å². The summed E-state index contributed by atoms with van der Waals surface area (Å²) in [4.78, 5) is 26.6. The molecule has 1 aromatic carbocycles. The minimum atomic E-state index is -0.782. The van der Waals surface area contributed by atoms with Crippen molar-refractivity contribution in [1.29, 1.82) is 0 Å². The number of ether oxygens (including phenoxy) is 1. The van der Waals surface area contributed by atoms with Crippen molar-refractivity contribution in [3.8, 4) is 5.75 Å². The molecule has 2 aliphatic heterocycles. The summed E-state index contributed by atoms with van der Waals surface area (Å²) in [5.41, 5.74) is -0.207. The molecule has 23 heavy (non-hydrogen) atoms. The van der Waals surface area contributed by atoms with Gasteiger partial charge < -0.3 is 14.7 Å². The number of carboxylic acid groups (broad SMARTS) is 1. The molecule has 1 N–H and O–H groups in total. The maximum Gasteiger partial charge on any atom is 0.311 e. The van der Waals surface area contributed by atoms with Gasteiger partial charge in [-0.15, -0.1) is 0 Å². The van der Waals surface area contributed by atoms with Crippen LogP contribution in [0.15, 0.2) is 24.3 Å². The fraction of sp³-hybridized carbons (Fsp3) is 0.556. The van der Waals surface area contributed by atoms with Crippen molar-refractivity contribution in [3.05, 3.63) is 29.8 Å². The van der Waals surface area contributed by atoms with Crippen LogP contribution in [-0.2, 0) is 4.79 Å². The molecule has 2 heterocycles. The van der Waals surface area contributed by atoms with E-state index in [0.717, 1.165) is 12.8 Å². The van der Waals surface area contributed by atoms with E-state index >= 15 is 0 Å². The lowest BCUT2D eigenvalue weighted by atomic mass is 9.72. The van der Waals surface area contributed by atoms with Gasteiger partial charge in [0.15, 0.2) is 0 Å². The average Bonchev–Trinajstić information content (AvgIpc) is 3.10. The van der Waals surface area contributed by atoms with Crippen molar-refractivity contribution < 1.29 is 19.4 Å². The third-order valence-electron chi connectivity index (χ3n) is 5.42. The Hall–Kier alpha value is -2.04. The van der Waals surface area contributed by atoms with E-state index in [1.165, 1.54) is 0 Å². The average molecular weight is 317 g/mol. The number of rotatable bonds is 5. The molecule has 5 heteroatoms. The first kappa shape index (κ1) is 15.8. The molecule has 0 aromatic heterocycles. The van der Waals surface area contributed by atoms with Gasteiger partial charge in [0, 0.05) is 17.6 Å². The monoisotopic (exact) mass is 317 g/mol. The number of carbonyl (C=O) groups is 2. The molecule has 124 valence electrons. The van der Waals surface area contributed by atoms with Gasteiger partial charge in [-0.1, -0.05) is 13.0 Å². The Morgan fingerprint density at radius 3 is 2.74 bits per heavy atom. The van der Waals surface area contributed by atoms with Crippen LogP contribution in [-0.4, -0.2) is 40.6 Å². The zero-order valence-corrected chi connectivity index (χ0v) is 13.6. The van der Waals surface area contributed by atoms with E-state index in [0.29, 0.717) is 30.8 Å². The summed E-state index contributed by atoms with van der Waals surface area (Å²) in [5, 5.41) is 9.71. The molecule has 0 unspecified atom stereocenters. The first-order valence-electron chi connectivity index (χ1n) is 8.32. The largest absolute Gasteiger partial charge is 0.494 e. The second kappa shape index (κ2) is 5.87. The van der Waals surface area contributed by atoms with E-state index in [1.54, 1.807) is 18.2 Å². The Morgan fingerprint density at radius 1 is 1.35 bits per heavy atom. The molecule has 0 radical (unpaired) electrons. The minimum Gasteiger partial charge on any atom is -0.494 e. The van der Waals surface area contributed by atoms with E-state index in [-0.39, 0.29) is 18.0 Å². The molecule has 3 atom stereocenters. The number of benzene rings is 1. The lowest BCUT2D eigenvalue weighted by Gasteiger charge is -2.32. The van der Waals surface area contributed by atoms with Gasteiger partial charge in [0.05, 0.1) is 12.0 Å². The quantitative estimate of drug-likeness (QED) is 0.906. The zero-order chi connectivity index (χ0) is 16.6. The molecule has 2 saturated heterocycles. The Balaban J connectivity index is 1.89. The van der Waals surface area contributed by atoms with Gasteiger partial charge >= 0.3 is 5.97 Å². The Labute approximate surface area is 136 Å². The molecule has 2 bridgehead atoms. The standard InChI is InChI=1S/C18H23NO4/c1-3-18(17(21)22)11-13-8-9-15(18)19(13)16(20)12-6-5-7-14(10-12)23-4-2/h5-7,10,13,15H,3-4,8-9,11H2,1-2H3,(H,21,22)/t13-,15+,18+/m0/s1. The number of carbonyl (C=O) groups excluding carboxylic acids is 1. The van der Waals surface area contributed by atoms with Gasteiger partial charge in [-0.25, -0.2) is 0 Å². The van der Waals surface area contributed by atoms with Crippen molar-refractivity contribution in [3.63, 3.8) is 0 Å². The lowest BCUT2D eigenvalue weighted by molar-refractivity contribution is -0.151. The van der Waals surface area contributed by atoms with Crippen LogP contribution in [0.4, 0.5) is 0 Å². The van der Waals surface area contributed by atoms with E-state index < -0.39 is 11.4 Å². The van der Waals surface area contributed by atoms with Crippen molar-refractivity contribution in [1.82, 2.24) is 4.90 Å². The predicted molar refractivity (Wildman–Crippen MR) is 85.6 cm³/mol. The van der Waals surface area contributed by atoms with Crippen molar-refractivity contribution in [2.24, 2.45) is 5.41 Å². The summed E-state index contributed by atoms with van der Waals surface area (Å²) in [5.74, 6) is -0.173. The van der Waals surface area contributed by atoms with E-state index in [2.05, 4.69) is 0 Å². The van der Waals surface area contributed by atoms with Gasteiger partial charge in [-0.3, -0.25) is 9.59 Å². The number of aliphatic carboxylic acids is 1. The maximum absolute atomic E-state index is 13.0. The molecule has 2 aliphatic rings. The molecule has 1 aromatic rings. The first-order valence-corrected chi connectivity index (χ1v) is 8.32. The highest BCUT2D eigenvalue weighted by molar-refractivity contribution is 5.96. The molecular weight excluding hydrogens is 294 g/mol. The van der Waals surface area contributed by atoms with Crippen LogP contribution in [0, 0.1) is 5.41 Å². The third kappa shape index (κ3) is 2.38. The van der Waals surface area contributed by atoms with Crippen LogP contribution in [0.2, 0.25) is 0 Å². The first-order chi connectivity index (χ1) is 11.0. The van der Waals surface area contributed by atoms with E-state index in [9.17, 15) is 14.7 Å². The lowest BCUT2D eigenvalue weighted by Crippen LogP contribution is -2.44. The number of hydrogen-bond donors (Lipinski definition) is 1. The molecule has 1 amide bonds. The molecular formula is C18H23NO4. The number of carboxylic acids is 1. The molecule has 0 spiro atoms. The van der Waals surface area contributed by atoms with Crippen LogP contribution in [0.1, 0.15) is 49.9 Å². The number of nitrogens with zero attached hydrogens (tertiary/aromatic N) is 1. The Kier molecular flexibility index (Phi) is 4.04. The van der Waals surface area contributed by atoms with Gasteiger partial charge in [0.25, 0.3) is 5.91 Å². The fourth-order valence-electron chi connectivity index (χ4n) is 4.29. The maximum atomic E-state index is 13.0. The predicted octanol–water partition coefficient (Wildman–Crippen LogP) is 2.94. The second-order valence-corrected chi connectivity index (χ2v) is 6.44. The highest BCUT2D eigenvalue weighted by Crippen LogP contribution is 2.52. The number of hydrogen-bond acceptors (Lipinski definition) is 3. The zero-order valence-electron chi connectivity index (χ0n) is 13.6. The van der Waals surface area contributed by atoms with Gasteiger partial charge in [0.1, 0.15) is 5.75 Å². The molecule has 0 aliphatic carbocycles.